The Kier molecular flexibility index (Phi) is 7.71. The van der Waals surface area contributed by atoms with Crippen LogP contribution in [0.2, 0.25) is 0 Å². The molecular formula is C23H30N6O2S. The average molecular weight is 455 g/mol. The van der Waals surface area contributed by atoms with E-state index in [0.717, 1.165) is 38.2 Å². The molecule has 8 nitrogen and oxygen atoms in total. The fourth-order valence-electron chi connectivity index (χ4n) is 4.02. The molecule has 2 aromatic rings. The molecule has 0 radical (unpaired) electrons. The lowest BCUT2D eigenvalue weighted by Gasteiger charge is -2.35. The number of rotatable bonds is 7. The molecule has 2 aromatic heterocycles. The number of hydrogen-bond donors (Lipinski definition) is 2. The first-order valence-electron chi connectivity index (χ1n) is 11.3. The Balaban J connectivity index is 1.18. The van der Waals surface area contributed by atoms with Gasteiger partial charge in [0, 0.05) is 44.3 Å². The van der Waals surface area contributed by atoms with Crippen LogP contribution in [0.5, 0.6) is 0 Å². The number of hydrogen-bond acceptors (Lipinski definition) is 6. The molecular weight excluding hydrogens is 424 g/mol. The van der Waals surface area contributed by atoms with Crippen molar-refractivity contribution in [2.45, 2.75) is 38.5 Å². The van der Waals surface area contributed by atoms with Crippen LogP contribution < -0.4 is 15.5 Å². The Morgan fingerprint density at radius 3 is 2.75 bits per heavy atom. The Morgan fingerprint density at radius 1 is 1.12 bits per heavy atom. The molecule has 0 spiro atoms. The fourth-order valence-corrected chi connectivity index (χ4v) is 4.72. The van der Waals surface area contributed by atoms with E-state index in [4.69, 9.17) is 0 Å². The topological polar surface area (TPSA) is 90.5 Å². The summed E-state index contributed by atoms with van der Waals surface area (Å²) in [7, 11) is 0. The Bertz CT molecular complexity index is 937. The molecule has 2 N–H and O–H groups in total. The molecule has 1 aliphatic heterocycles. The van der Waals surface area contributed by atoms with Crippen LogP contribution in [-0.4, -0.2) is 59.5 Å². The highest BCUT2D eigenvalue weighted by Gasteiger charge is 2.22. The number of nitrogens with zero attached hydrogens (tertiary/aromatic N) is 4. The normalized spacial score (nSPS) is 16.4. The molecule has 4 rings (SSSR count). The van der Waals surface area contributed by atoms with E-state index in [-0.39, 0.29) is 18.4 Å². The van der Waals surface area contributed by atoms with E-state index >= 15 is 0 Å². The van der Waals surface area contributed by atoms with Crippen molar-refractivity contribution in [1.82, 2.24) is 20.2 Å². The second-order valence-corrected chi connectivity index (χ2v) is 8.98. The highest BCUT2D eigenvalue weighted by atomic mass is 32.1. The standard InChI is InChI=1S/C23H30N6O2S/c30-21(25-11-9-18-6-2-1-3-7-18)16-19-17-32-22(26-19)27-23(31)29-14-12-28(13-15-29)20-8-4-5-10-24-20/h4-6,8,10,17H,1-3,7,9,11-16H2,(H,25,30)(H,26,27,31). The number of nitrogens with one attached hydrogen (secondary N) is 2. The number of urea groups is 1. The van der Waals surface area contributed by atoms with Crippen molar-refractivity contribution in [3.8, 4) is 0 Å². The first-order valence-corrected chi connectivity index (χ1v) is 12.2. The monoisotopic (exact) mass is 454 g/mol. The van der Waals surface area contributed by atoms with Crippen LogP contribution in [0.15, 0.2) is 41.4 Å². The Labute approximate surface area is 192 Å². The molecule has 3 amide bonds. The van der Waals surface area contributed by atoms with E-state index in [1.54, 1.807) is 11.1 Å². The van der Waals surface area contributed by atoms with Gasteiger partial charge in [-0.15, -0.1) is 11.3 Å². The molecule has 1 aliphatic carbocycles. The van der Waals surface area contributed by atoms with Crippen LogP contribution in [0, 0.1) is 0 Å². The second kappa shape index (κ2) is 11.1. The largest absolute Gasteiger partial charge is 0.355 e. The zero-order valence-corrected chi connectivity index (χ0v) is 19.1. The number of aromatic nitrogens is 2. The van der Waals surface area contributed by atoms with Gasteiger partial charge in [0.15, 0.2) is 5.13 Å². The van der Waals surface area contributed by atoms with Crippen molar-refractivity contribution in [1.29, 1.82) is 0 Å². The summed E-state index contributed by atoms with van der Waals surface area (Å²) in [5, 5.41) is 8.20. The van der Waals surface area contributed by atoms with Crippen molar-refractivity contribution < 1.29 is 9.59 Å². The van der Waals surface area contributed by atoms with Crippen molar-refractivity contribution >= 4 is 34.2 Å². The molecule has 0 aromatic carbocycles. The minimum atomic E-state index is -0.156. The molecule has 1 saturated heterocycles. The van der Waals surface area contributed by atoms with E-state index < -0.39 is 0 Å². The second-order valence-electron chi connectivity index (χ2n) is 8.12. The third-order valence-corrected chi connectivity index (χ3v) is 6.61. The van der Waals surface area contributed by atoms with Crippen molar-refractivity contribution in [3.05, 3.63) is 47.1 Å². The molecule has 9 heteroatoms. The van der Waals surface area contributed by atoms with Crippen LogP contribution in [0.4, 0.5) is 15.7 Å². The van der Waals surface area contributed by atoms with Gasteiger partial charge in [-0.05, 0) is 44.2 Å². The number of carbonyl (C=O) groups excluding carboxylic acids is 2. The third-order valence-electron chi connectivity index (χ3n) is 5.80. The maximum absolute atomic E-state index is 12.6. The highest BCUT2D eigenvalue weighted by molar-refractivity contribution is 7.13. The Hall–Kier alpha value is -2.94. The van der Waals surface area contributed by atoms with Gasteiger partial charge in [-0.3, -0.25) is 10.1 Å². The number of allylic oxidation sites excluding steroid dienone is 1. The number of carbonyl (C=O) groups is 2. The molecule has 170 valence electrons. The lowest BCUT2D eigenvalue weighted by atomic mass is 9.97. The molecule has 0 saturated carbocycles. The van der Waals surface area contributed by atoms with E-state index in [9.17, 15) is 9.59 Å². The highest BCUT2D eigenvalue weighted by Crippen LogP contribution is 2.20. The van der Waals surface area contributed by atoms with Gasteiger partial charge in [0.2, 0.25) is 5.91 Å². The van der Waals surface area contributed by atoms with Crippen LogP contribution >= 0.6 is 11.3 Å². The summed E-state index contributed by atoms with van der Waals surface area (Å²) in [4.78, 5) is 37.6. The van der Waals surface area contributed by atoms with Crippen LogP contribution in [0.3, 0.4) is 0 Å². The summed E-state index contributed by atoms with van der Waals surface area (Å²) >= 11 is 1.35. The van der Waals surface area contributed by atoms with E-state index in [0.29, 0.717) is 30.5 Å². The number of piperazine rings is 1. The van der Waals surface area contributed by atoms with Gasteiger partial charge >= 0.3 is 6.03 Å². The minimum absolute atomic E-state index is 0.0322. The minimum Gasteiger partial charge on any atom is -0.355 e. The van der Waals surface area contributed by atoms with E-state index in [1.165, 1.54) is 29.8 Å². The molecule has 2 aliphatic rings. The first kappa shape index (κ1) is 22.3. The fraction of sp³-hybridized carbons (Fsp3) is 0.478. The predicted octanol–water partition coefficient (Wildman–Crippen LogP) is 3.44. The lowest BCUT2D eigenvalue weighted by Crippen LogP contribution is -2.50. The average Bonchev–Trinajstić information content (AvgIpc) is 3.27. The molecule has 0 atom stereocenters. The Morgan fingerprint density at radius 2 is 2.00 bits per heavy atom. The van der Waals surface area contributed by atoms with Gasteiger partial charge in [0.25, 0.3) is 0 Å². The van der Waals surface area contributed by atoms with E-state index in [1.807, 2.05) is 23.6 Å². The molecule has 0 unspecified atom stereocenters. The smallest absolute Gasteiger partial charge is 0.323 e. The maximum atomic E-state index is 12.6. The van der Waals surface area contributed by atoms with Crippen molar-refractivity contribution in [3.63, 3.8) is 0 Å². The molecule has 3 heterocycles. The van der Waals surface area contributed by atoms with Gasteiger partial charge in [-0.1, -0.05) is 17.7 Å². The first-order chi connectivity index (χ1) is 15.7. The lowest BCUT2D eigenvalue weighted by molar-refractivity contribution is -0.120. The van der Waals surface area contributed by atoms with Crippen molar-refractivity contribution in [2.75, 3.05) is 42.9 Å². The molecule has 0 bridgehead atoms. The summed E-state index contributed by atoms with van der Waals surface area (Å²) < 4.78 is 0. The summed E-state index contributed by atoms with van der Waals surface area (Å²) in [6.07, 6.45) is 10.1. The predicted molar refractivity (Wildman–Crippen MR) is 127 cm³/mol. The maximum Gasteiger partial charge on any atom is 0.323 e. The van der Waals surface area contributed by atoms with Gasteiger partial charge in [-0.2, -0.15) is 0 Å². The zero-order valence-electron chi connectivity index (χ0n) is 18.3. The number of anilines is 2. The summed E-state index contributed by atoms with van der Waals surface area (Å²) in [5.41, 5.74) is 2.13. The van der Waals surface area contributed by atoms with Gasteiger partial charge in [-0.25, -0.2) is 14.8 Å². The summed E-state index contributed by atoms with van der Waals surface area (Å²) in [6.45, 7) is 3.40. The van der Waals surface area contributed by atoms with Gasteiger partial charge < -0.3 is 15.1 Å². The third kappa shape index (κ3) is 6.29. The molecule has 1 fully saturated rings. The SMILES string of the molecule is O=C(Cc1csc(NC(=O)N2CCN(c3ccccn3)CC2)n1)NCCC1=CCCCC1. The summed E-state index contributed by atoms with van der Waals surface area (Å²) in [6, 6.07) is 5.69. The van der Waals surface area contributed by atoms with Crippen LogP contribution in [0.1, 0.15) is 37.8 Å². The van der Waals surface area contributed by atoms with Gasteiger partial charge in [0.05, 0.1) is 12.1 Å². The molecule has 32 heavy (non-hydrogen) atoms. The number of pyridine rings is 1. The quantitative estimate of drug-likeness (QED) is 0.626. The number of thiazole rings is 1. The van der Waals surface area contributed by atoms with Gasteiger partial charge in [0.1, 0.15) is 5.82 Å². The van der Waals surface area contributed by atoms with Crippen LogP contribution in [-0.2, 0) is 11.2 Å². The zero-order chi connectivity index (χ0) is 22.2. The van der Waals surface area contributed by atoms with Crippen LogP contribution in [0.25, 0.3) is 0 Å². The number of amides is 3. The van der Waals surface area contributed by atoms with Crippen molar-refractivity contribution in [2.24, 2.45) is 0 Å². The van der Waals surface area contributed by atoms with E-state index in [2.05, 4.69) is 31.6 Å². The summed E-state index contributed by atoms with van der Waals surface area (Å²) in [5.74, 6) is 0.904.